The Morgan fingerprint density at radius 3 is 2.49 bits per heavy atom. The third kappa shape index (κ3) is 6.80. The fourth-order valence-corrected chi connectivity index (χ4v) is 7.29. The number of anilines is 2. The summed E-state index contributed by atoms with van der Waals surface area (Å²) < 4.78 is 1.93. The molecule has 4 aromatic rings. The highest BCUT2D eigenvalue weighted by Crippen LogP contribution is 2.33. The fourth-order valence-electron chi connectivity index (χ4n) is 7.06. The highest BCUT2D eigenvalue weighted by atomic mass is 35.5. The van der Waals surface area contributed by atoms with Crippen LogP contribution >= 0.6 is 11.6 Å². The number of nitrogens with one attached hydrogen (secondary N) is 1. The number of aryl methyl sites for hydroxylation is 2. The van der Waals surface area contributed by atoms with Gasteiger partial charge < -0.3 is 15.1 Å². The largest absolute Gasteiger partial charge is 0.324 e. The normalized spacial score (nSPS) is 18.5. The maximum Gasteiger partial charge on any atom is 0.260 e. The molecule has 2 fully saturated rings. The van der Waals surface area contributed by atoms with E-state index in [1.54, 1.807) is 0 Å². The Balaban J connectivity index is 1.34. The molecule has 0 spiro atoms. The van der Waals surface area contributed by atoms with Gasteiger partial charge in [-0.05, 0) is 87.6 Å². The van der Waals surface area contributed by atoms with E-state index in [0.29, 0.717) is 22.2 Å². The van der Waals surface area contributed by atoms with E-state index >= 15 is 0 Å². The van der Waals surface area contributed by atoms with Crippen molar-refractivity contribution in [3.8, 4) is 11.1 Å². The Labute approximate surface area is 272 Å². The molecule has 8 nitrogen and oxygen atoms in total. The lowest BCUT2D eigenvalue weighted by molar-refractivity contribution is 0.132. The number of hydrogen-bond donors (Lipinski definition) is 1. The number of likely N-dealkylation sites (N-methyl/N-ethyl adjacent to an activating group) is 1. The Kier molecular flexibility index (Phi) is 9.85. The average Bonchev–Trinajstić information content (AvgIpc) is 3.04. The number of benzene rings is 2. The number of rotatable bonds is 9. The molecule has 4 heterocycles. The maximum absolute atomic E-state index is 14.5. The lowest BCUT2D eigenvalue weighted by atomic mass is 9.98. The van der Waals surface area contributed by atoms with Crippen LogP contribution in [0.2, 0.25) is 5.02 Å². The van der Waals surface area contributed by atoms with Crippen LogP contribution in [0.15, 0.2) is 53.5 Å². The summed E-state index contributed by atoms with van der Waals surface area (Å²) in [7, 11) is 0. The third-order valence-corrected chi connectivity index (χ3v) is 9.97. The summed E-state index contributed by atoms with van der Waals surface area (Å²) in [5.74, 6) is 0.490. The first kappa shape index (κ1) is 31.7. The van der Waals surface area contributed by atoms with Crippen LogP contribution in [-0.4, -0.2) is 81.6 Å². The predicted molar refractivity (Wildman–Crippen MR) is 186 cm³/mol. The number of piperidine rings is 1. The van der Waals surface area contributed by atoms with E-state index in [-0.39, 0.29) is 11.6 Å². The van der Waals surface area contributed by atoms with Crippen molar-refractivity contribution < 1.29 is 0 Å². The zero-order chi connectivity index (χ0) is 31.5. The smallest absolute Gasteiger partial charge is 0.260 e. The standard InChI is InChI=1S/C36H46ClN7O/c1-5-15-42-16-9-10-29(24-42)44-34-31(26(4)33(35(44)45)30-11-7-8-12-32(30)37)22-38-36(40-34)39-28-14-13-27(25(3)21-28)23-43-19-17-41(6-2)18-20-43/h7-8,11-14,21-22,29H,5-6,9-10,15-20,23-24H2,1-4H3,(H,38,39,40)/t29-/m0/s1. The minimum Gasteiger partial charge on any atom is -0.324 e. The lowest BCUT2D eigenvalue weighted by Crippen LogP contribution is -2.45. The van der Waals surface area contributed by atoms with Crippen LogP contribution in [0.3, 0.4) is 0 Å². The van der Waals surface area contributed by atoms with Gasteiger partial charge in [0, 0.05) is 67.1 Å². The Bertz CT molecular complexity index is 1710. The first-order valence-corrected chi connectivity index (χ1v) is 16.9. The van der Waals surface area contributed by atoms with Gasteiger partial charge in [-0.3, -0.25) is 14.3 Å². The zero-order valence-corrected chi connectivity index (χ0v) is 27.9. The molecule has 0 unspecified atom stereocenters. The maximum atomic E-state index is 14.5. The van der Waals surface area contributed by atoms with Crippen LogP contribution in [0.1, 0.15) is 55.8 Å². The number of likely N-dealkylation sites (tertiary alicyclic amines) is 1. The number of hydrogen-bond acceptors (Lipinski definition) is 7. The molecule has 0 radical (unpaired) electrons. The molecular weight excluding hydrogens is 582 g/mol. The number of pyridine rings is 1. The van der Waals surface area contributed by atoms with E-state index < -0.39 is 0 Å². The minimum absolute atomic E-state index is 0.0191. The summed E-state index contributed by atoms with van der Waals surface area (Å²) in [5, 5.41) is 4.89. The molecule has 9 heteroatoms. The summed E-state index contributed by atoms with van der Waals surface area (Å²) >= 11 is 6.66. The van der Waals surface area contributed by atoms with Crippen molar-refractivity contribution in [2.24, 2.45) is 0 Å². The van der Waals surface area contributed by atoms with Crippen molar-refractivity contribution in [3.05, 3.63) is 80.7 Å². The molecule has 2 aromatic heterocycles. The van der Waals surface area contributed by atoms with Crippen molar-refractivity contribution in [1.82, 2.24) is 29.2 Å². The van der Waals surface area contributed by atoms with Gasteiger partial charge in [0.25, 0.3) is 5.56 Å². The van der Waals surface area contributed by atoms with Gasteiger partial charge in [-0.1, -0.05) is 49.7 Å². The van der Waals surface area contributed by atoms with Gasteiger partial charge in [0.2, 0.25) is 5.95 Å². The van der Waals surface area contributed by atoms with Crippen molar-refractivity contribution in [1.29, 1.82) is 0 Å². The lowest BCUT2D eigenvalue weighted by Gasteiger charge is -2.34. The number of aromatic nitrogens is 3. The van der Waals surface area contributed by atoms with Crippen molar-refractivity contribution >= 4 is 34.3 Å². The Morgan fingerprint density at radius 2 is 1.76 bits per heavy atom. The molecule has 6 rings (SSSR count). The molecule has 0 saturated carbocycles. The van der Waals surface area contributed by atoms with Crippen LogP contribution in [0.25, 0.3) is 22.2 Å². The van der Waals surface area contributed by atoms with Crippen LogP contribution in [0.4, 0.5) is 11.6 Å². The molecule has 45 heavy (non-hydrogen) atoms. The monoisotopic (exact) mass is 627 g/mol. The summed E-state index contributed by atoms with van der Waals surface area (Å²) in [6, 6.07) is 14.1. The highest BCUT2D eigenvalue weighted by Gasteiger charge is 2.27. The van der Waals surface area contributed by atoms with Crippen LogP contribution in [0.5, 0.6) is 0 Å². The van der Waals surface area contributed by atoms with Crippen LogP contribution in [0, 0.1) is 13.8 Å². The number of piperazine rings is 1. The molecule has 238 valence electrons. The minimum atomic E-state index is -0.0407. The summed E-state index contributed by atoms with van der Waals surface area (Å²) in [6.45, 7) is 18.1. The molecule has 2 aliphatic heterocycles. The molecule has 2 saturated heterocycles. The molecule has 0 bridgehead atoms. The number of fused-ring (bicyclic) bond motifs is 1. The molecule has 2 aromatic carbocycles. The van der Waals surface area contributed by atoms with Crippen LogP contribution in [-0.2, 0) is 6.54 Å². The zero-order valence-electron chi connectivity index (χ0n) is 27.2. The van der Waals surface area contributed by atoms with Gasteiger partial charge >= 0.3 is 0 Å². The first-order chi connectivity index (χ1) is 21.9. The molecule has 0 aliphatic carbocycles. The van der Waals surface area contributed by atoms with Crippen molar-refractivity contribution in [2.75, 3.05) is 57.7 Å². The summed E-state index contributed by atoms with van der Waals surface area (Å²) in [5.41, 5.74) is 6.40. The molecular formula is C36H46ClN7O. The highest BCUT2D eigenvalue weighted by molar-refractivity contribution is 6.33. The summed E-state index contributed by atoms with van der Waals surface area (Å²) in [6.07, 6.45) is 4.93. The fraction of sp³-hybridized carbons (Fsp3) is 0.472. The number of nitrogens with zero attached hydrogens (tertiary/aromatic N) is 6. The van der Waals surface area contributed by atoms with E-state index in [0.717, 1.165) is 100 Å². The van der Waals surface area contributed by atoms with Gasteiger partial charge in [-0.15, -0.1) is 0 Å². The van der Waals surface area contributed by atoms with E-state index in [9.17, 15) is 4.79 Å². The van der Waals surface area contributed by atoms with E-state index in [2.05, 4.69) is 59.0 Å². The van der Waals surface area contributed by atoms with Crippen molar-refractivity contribution in [3.63, 3.8) is 0 Å². The van der Waals surface area contributed by atoms with Gasteiger partial charge in [-0.25, -0.2) is 4.98 Å². The Hall–Kier alpha value is -3.30. The molecule has 1 atom stereocenters. The van der Waals surface area contributed by atoms with Gasteiger partial charge in [0.15, 0.2) is 0 Å². The van der Waals surface area contributed by atoms with E-state index in [1.807, 2.05) is 42.0 Å². The predicted octanol–water partition coefficient (Wildman–Crippen LogP) is 6.66. The topological polar surface area (TPSA) is 69.5 Å². The van der Waals surface area contributed by atoms with Crippen molar-refractivity contribution in [2.45, 2.75) is 59.5 Å². The van der Waals surface area contributed by atoms with Gasteiger partial charge in [0.05, 0.1) is 11.6 Å². The third-order valence-electron chi connectivity index (χ3n) is 9.64. The second kappa shape index (κ2) is 14.0. The van der Waals surface area contributed by atoms with Gasteiger partial charge in [0.1, 0.15) is 5.65 Å². The van der Waals surface area contributed by atoms with Crippen LogP contribution < -0.4 is 10.9 Å². The second-order valence-electron chi connectivity index (χ2n) is 12.7. The first-order valence-electron chi connectivity index (χ1n) is 16.6. The molecule has 0 amide bonds. The van der Waals surface area contributed by atoms with E-state index in [1.165, 1.54) is 11.1 Å². The average molecular weight is 628 g/mol. The van der Waals surface area contributed by atoms with Gasteiger partial charge in [-0.2, -0.15) is 4.98 Å². The summed E-state index contributed by atoms with van der Waals surface area (Å²) in [4.78, 5) is 31.8. The second-order valence-corrected chi connectivity index (χ2v) is 13.1. The SMILES string of the molecule is CCCN1CCC[C@H](n2c(=O)c(-c3ccccc3Cl)c(C)c3cnc(Nc4ccc(CN5CCN(CC)CC5)c(C)c4)nc32)C1. The number of halogens is 1. The molecule has 2 aliphatic rings. The molecule has 1 N–H and O–H groups in total. The quantitative estimate of drug-likeness (QED) is 0.223. The van der Waals surface area contributed by atoms with E-state index in [4.69, 9.17) is 21.6 Å². The Morgan fingerprint density at radius 1 is 0.978 bits per heavy atom.